The van der Waals surface area contributed by atoms with Gasteiger partial charge >= 0.3 is 0 Å². The van der Waals surface area contributed by atoms with Gasteiger partial charge in [0.1, 0.15) is 16.2 Å². The van der Waals surface area contributed by atoms with Crippen molar-refractivity contribution in [2.75, 3.05) is 12.8 Å². The van der Waals surface area contributed by atoms with Gasteiger partial charge in [-0.3, -0.25) is 4.79 Å². The number of fused-ring (bicyclic) bond motifs is 1. The summed E-state index contributed by atoms with van der Waals surface area (Å²) < 4.78 is 0. The van der Waals surface area contributed by atoms with Gasteiger partial charge in [0.25, 0.3) is 0 Å². The molecule has 0 bridgehead atoms. The Hall–Kier alpha value is -1.63. The van der Waals surface area contributed by atoms with Crippen LogP contribution in [0.15, 0.2) is 47.1 Å². The molecule has 0 radical (unpaired) electrons. The number of benzene rings is 1. The molecule has 0 aliphatic carbocycles. The highest BCUT2D eigenvalue weighted by Crippen LogP contribution is 2.27. The number of hydrogen-bond donors (Lipinski definition) is 0. The fourth-order valence-electron chi connectivity index (χ4n) is 2.12. The van der Waals surface area contributed by atoms with Crippen molar-refractivity contribution in [1.29, 1.82) is 0 Å². The van der Waals surface area contributed by atoms with Gasteiger partial charge in [-0.05, 0) is 29.1 Å². The van der Waals surface area contributed by atoms with Gasteiger partial charge in [0, 0.05) is 24.0 Å². The lowest BCUT2D eigenvalue weighted by Gasteiger charge is -2.17. The Kier molecular flexibility index (Phi) is 5.15. The summed E-state index contributed by atoms with van der Waals surface area (Å²) in [6.45, 7) is 0.539. The molecule has 2 heterocycles. The summed E-state index contributed by atoms with van der Waals surface area (Å²) in [5, 5.41) is 4.52. The number of amides is 1. The van der Waals surface area contributed by atoms with Crippen LogP contribution in [-0.4, -0.2) is 33.6 Å². The Morgan fingerprint density at radius 2 is 2.22 bits per heavy atom. The van der Waals surface area contributed by atoms with Gasteiger partial charge in [0.05, 0.1) is 5.75 Å². The largest absolute Gasteiger partial charge is 0.341 e. The Morgan fingerprint density at radius 3 is 3.04 bits per heavy atom. The second-order valence-electron chi connectivity index (χ2n) is 4.99. The third-order valence-electron chi connectivity index (χ3n) is 3.29. The molecule has 0 saturated carbocycles. The second kappa shape index (κ2) is 7.29. The molecule has 0 fully saturated rings. The normalized spacial score (nSPS) is 10.9. The van der Waals surface area contributed by atoms with Gasteiger partial charge in [-0.25, -0.2) is 9.97 Å². The summed E-state index contributed by atoms with van der Waals surface area (Å²) in [6.07, 6.45) is 1.54. The Bertz CT molecular complexity index is 837. The monoisotopic (exact) mass is 363 g/mol. The molecule has 23 heavy (non-hydrogen) atoms. The maximum Gasteiger partial charge on any atom is 0.233 e. The van der Waals surface area contributed by atoms with E-state index in [-0.39, 0.29) is 5.91 Å². The summed E-state index contributed by atoms with van der Waals surface area (Å²) in [7, 11) is 1.80. The summed E-state index contributed by atoms with van der Waals surface area (Å²) in [4.78, 5) is 23.4. The minimum Gasteiger partial charge on any atom is -0.341 e. The van der Waals surface area contributed by atoms with E-state index >= 15 is 0 Å². The fraction of sp³-hybridized carbons (Fsp3) is 0.188. The molecule has 0 aliphatic rings. The lowest BCUT2D eigenvalue weighted by molar-refractivity contribution is -0.127. The first kappa shape index (κ1) is 16.2. The first-order valence-corrected chi connectivity index (χ1v) is 9.17. The van der Waals surface area contributed by atoms with Crippen LogP contribution in [0.3, 0.4) is 0 Å². The van der Waals surface area contributed by atoms with Gasteiger partial charge in [-0.2, -0.15) is 0 Å². The van der Waals surface area contributed by atoms with Gasteiger partial charge in [-0.1, -0.05) is 35.5 Å². The first-order chi connectivity index (χ1) is 11.1. The van der Waals surface area contributed by atoms with E-state index in [0.717, 1.165) is 20.8 Å². The van der Waals surface area contributed by atoms with Crippen LogP contribution in [0.5, 0.6) is 0 Å². The van der Waals surface area contributed by atoms with E-state index < -0.39 is 0 Å². The quantitative estimate of drug-likeness (QED) is 0.506. The summed E-state index contributed by atoms with van der Waals surface area (Å²) in [5.74, 6) is 0.399. The number of rotatable bonds is 5. The smallest absolute Gasteiger partial charge is 0.233 e. The number of carbonyl (C=O) groups is 1. The van der Waals surface area contributed by atoms with Crippen LogP contribution >= 0.6 is 34.7 Å². The number of thiophene rings is 1. The highest BCUT2D eigenvalue weighted by atomic mass is 35.5. The highest BCUT2D eigenvalue weighted by molar-refractivity contribution is 8.00. The number of aromatic nitrogens is 2. The molecule has 1 aromatic carbocycles. The highest BCUT2D eigenvalue weighted by Gasteiger charge is 2.12. The average molecular weight is 364 g/mol. The minimum absolute atomic E-state index is 0.0527. The van der Waals surface area contributed by atoms with E-state index in [0.29, 0.717) is 17.3 Å². The summed E-state index contributed by atoms with van der Waals surface area (Å²) in [6, 6.07) is 9.53. The third-order valence-corrected chi connectivity index (χ3v) is 5.34. The van der Waals surface area contributed by atoms with Crippen LogP contribution in [0.4, 0.5) is 0 Å². The van der Waals surface area contributed by atoms with Crippen molar-refractivity contribution >= 4 is 50.8 Å². The molecule has 118 valence electrons. The predicted molar refractivity (Wildman–Crippen MR) is 96.1 cm³/mol. The predicted octanol–water partition coefficient (Wildman–Crippen LogP) is 4.10. The standard InChI is InChI=1S/C16H14ClN3OS2/c1-20(8-11-3-2-4-12(17)7-11)14(21)9-23-16-13-5-6-22-15(13)18-10-19-16/h2-7,10H,8-9H2,1H3. The molecule has 4 nitrogen and oxygen atoms in total. The van der Waals surface area contributed by atoms with Crippen LogP contribution in [0.1, 0.15) is 5.56 Å². The molecule has 0 saturated heterocycles. The number of hydrogen-bond acceptors (Lipinski definition) is 5. The molecule has 3 aromatic rings. The number of nitrogens with zero attached hydrogens (tertiary/aromatic N) is 3. The zero-order valence-corrected chi connectivity index (χ0v) is 14.8. The molecule has 1 amide bonds. The summed E-state index contributed by atoms with van der Waals surface area (Å²) in [5.41, 5.74) is 1.01. The molecular weight excluding hydrogens is 350 g/mol. The van der Waals surface area contributed by atoms with Gasteiger partial charge < -0.3 is 4.90 Å². The van der Waals surface area contributed by atoms with E-state index in [9.17, 15) is 4.79 Å². The first-order valence-electron chi connectivity index (χ1n) is 6.93. The summed E-state index contributed by atoms with van der Waals surface area (Å²) >= 11 is 8.99. The average Bonchev–Trinajstić information content (AvgIpc) is 3.01. The number of thioether (sulfide) groups is 1. The van der Waals surface area contributed by atoms with E-state index in [2.05, 4.69) is 9.97 Å². The lowest BCUT2D eigenvalue weighted by Crippen LogP contribution is -2.27. The van der Waals surface area contributed by atoms with Crippen molar-refractivity contribution in [3.63, 3.8) is 0 Å². The number of halogens is 1. The van der Waals surface area contributed by atoms with Crippen molar-refractivity contribution in [2.45, 2.75) is 11.6 Å². The molecular formula is C16H14ClN3OS2. The van der Waals surface area contributed by atoms with Crippen LogP contribution in [-0.2, 0) is 11.3 Å². The Morgan fingerprint density at radius 1 is 1.35 bits per heavy atom. The van der Waals surface area contributed by atoms with Crippen molar-refractivity contribution in [3.8, 4) is 0 Å². The second-order valence-corrected chi connectivity index (χ2v) is 7.28. The van der Waals surface area contributed by atoms with Crippen molar-refractivity contribution < 1.29 is 4.79 Å². The van der Waals surface area contributed by atoms with Crippen molar-refractivity contribution in [2.24, 2.45) is 0 Å². The van der Waals surface area contributed by atoms with Crippen LogP contribution < -0.4 is 0 Å². The zero-order chi connectivity index (χ0) is 16.2. The molecule has 0 atom stereocenters. The van der Waals surface area contributed by atoms with Crippen LogP contribution in [0.25, 0.3) is 10.2 Å². The Balaban J connectivity index is 1.61. The van der Waals surface area contributed by atoms with E-state index in [1.54, 1.807) is 29.6 Å². The third kappa shape index (κ3) is 4.02. The molecule has 7 heteroatoms. The van der Waals surface area contributed by atoms with E-state index in [1.165, 1.54) is 11.8 Å². The van der Waals surface area contributed by atoms with Crippen molar-refractivity contribution in [3.05, 3.63) is 52.6 Å². The minimum atomic E-state index is 0.0527. The number of carbonyl (C=O) groups excluding carboxylic acids is 1. The molecule has 2 aromatic heterocycles. The lowest BCUT2D eigenvalue weighted by atomic mass is 10.2. The van der Waals surface area contributed by atoms with Gasteiger partial charge in [0.2, 0.25) is 5.91 Å². The van der Waals surface area contributed by atoms with Gasteiger partial charge in [0.15, 0.2) is 0 Å². The van der Waals surface area contributed by atoms with Crippen LogP contribution in [0.2, 0.25) is 5.02 Å². The molecule has 3 rings (SSSR count). The fourth-order valence-corrected chi connectivity index (χ4v) is 4.05. The van der Waals surface area contributed by atoms with E-state index in [4.69, 9.17) is 11.6 Å². The topological polar surface area (TPSA) is 46.1 Å². The molecule has 0 aliphatic heterocycles. The van der Waals surface area contributed by atoms with Gasteiger partial charge in [-0.15, -0.1) is 11.3 Å². The van der Waals surface area contributed by atoms with Crippen LogP contribution in [0, 0.1) is 0 Å². The van der Waals surface area contributed by atoms with E-state index in [1.807, 2.05) is 35.7 Å². The van der Waals surface area contributed by atoms with Crippen molar-refractivity contribution in [1.82, 2.24) is 14.9 Å². The SMILES string of the molecule is CN(Cc1cccc(Cl)c1)C(=O)CSc1ncnc2sccc12. The maximum absolute atomic E-state index is 12.3. The maximum atomic E-state index is 12.3. The molecule has 0 spiro atoms. The molecule has 0 unspecified atom stereocenters. The Labute approximate surface area is 147 Å². The zero-order valence-electron chi connectivity index (χ0n) is 12.4. The molecule has 0 N–H and O–H groups in total.